The van der Waals surface area contributed by atoms with E-state index in [0.29, 0.717) is 5.92 Å². The first kappa shape index (κ1) is 10.6. The number of hydrogen-bond donors (Lipinski definition) is 2. The van der Waals surface area contributed by atoms with Crippen molar-refractivity contribution in [2.24, 2.45) is 11.8 Å². The molecule has 1 aromatic rings. The lowest BCUT2D eigenvalue weighted by molar-refractivity contribution is -0.117. The van der Waals surface area contributed by atoms with Crippen molar-refractivity contribution in [3.63, 3.8) is 0 Å². The molecule has 16 heavy (non-hydrogen) atoms. The van der Waals surface area contributed by atoms with Crippen molar-refractivity contribution in [1.82, 2.24) is 4.98 Å². The quantitative estimate of drug-likeness (QED) is 0.806. The maximum absolute atomic E-state index is 11.6. The predicted octanol–water partition coefficient (Wildman–Crippen LogP) is 1.37. The van der Waals surface area contributed by atoms with Crippen LogP contribution in [0.2, 0.25) is 0 Å². The highest BCUT2D eigenvalue weighted by Crippen LogP contribution is 2.38. The molecule has 1 aromatic heterocycles. The molecule has 1 aliphatic carbocycles. The number of carboxylic acid groups (broad SMARTS) is 1. The summed E-state index contributed by atoms with van der Waals surface area (Å²) in [6.45, 7) is 1.99. The van der Waals surface area contributed by atoms with Gasteiger partial charge in [-0.25, -0.2) is 4.79 Å². The van der Waals surface area contributed by atoms with Crippen molar-refractivity contribution in [1.29, 1.82) is 0 Å². The van der Waals surface area contributed by atoms with Crippen LogP contribution in [-0.2, 0) is 4.79 Å². The molecule has 0 aromatic carbocycles. The molecule has 0 spiro atoms. The fourth-order valence-electron chi connectivity index (χ4n) is 1.59. The Balaban J connectivity index is 2.14. The molecular formula is C11H12N2O3. The van der Waals surface area contributed by atoms with Crippen LogP contribution in [0.25, 0.3) is 0 Å². The molecule has 1 saturated carbocycles. The molecule has 2 atom stereocenters. The standard InChI is InChI=1S/C11H12N2O3/c1-6-4-8(6)10(14)13-9-5-12-3-2-7(9)11(15)16/h2-3,5-6,8H,4H2,1H3,(H,13,14)(H,15,16). The van der Waals surface area contributed by atoms with Gasteiger partial charge in [-0.2, -0.15) is 0 Å². The maximum atomic E-state index is 11.6. The van der Waals surface area contributed by atoms with E-state index in [1.807, 2.05) is 6.92 Å². The zero-order valence-corrected chi connectivity index (χ0v) is 8.80. The minimum absolute atomic E-state index is 0.0156. The summed E-state index contributed by atoms with van der Waals surface area (Å²) in [6.07, 6.45) is 3.61. The predicted molar refractivity (Wildman–Crippen MR) is 57.1 cm³/mol. The molecule has 1 amide bonds. The van der Waals surface area contributed by atoms with Crippen LogP contribution in [0.1, 0.15) is 23.7 Å². The molecule has 2 rings (SSSR count). The molecule has 5 heteroatoms. The number of hydrogen-bond acceptors (Lipinski definition) is 3. The molecule has 0 bridgehead atoms. The molecule has 0 saturated heterocycles. The Morgan fingerprint density at radius 2 is 2.25 bits per heavy atom. The Morgan fingerprint density at radius 3 is 2.81 bits per heavy atom. The Labute approximate surface area is 92.5 Å². The summed E-state index contributed by atoms with van der Waals surface area (Å²) < 4.78 is 0. The van der Waals surface area contributed by atoms with Gasteiger partial charge in [0.15, 0.2) is 0 Å². The molecule has 84 valence electrons. The number of rotatable bonds is 3. The third-order valence-electron chi connectivity index (χ3n) is 2.76. The highest BCUT2D eigenvalue weighted by Gasteiger charge is 2.39. The van der Waals surface area contributed by atoms with Crippen LogP contribution in [0, 0.1) is 11.8 Å². The van der Waals surface area contributed by atoms with Gasteiger partial charge < -0.3 is 10.4 Å². The number of amides is 1. The smallest absolute Gasteiger partial charge is 0.337 e. The van der Waals surface area contributed by atoms with E-state index in [4.69, 9.17) is 5.11 Å². The van der Waals surface area contributed by atoms with Crippen LogP contribution in [-0.4, -0.2) is 22.0 Å². The Hall–Kier alpha value is -1.91. The Kier molecular flexibility index (Phi) is 2.60. The van der Waals surface area contributed by atoms with Crippen LogP contribution in [0.3, 0.4) is 0 Å². The minimum Gasteiger partial charge on any atom is -0.478 e. The number of carboxylic acids is 1. The summed E-state index contributed by atoms with van der Waals surface area (Å²) in [7, 11) is 0. The van der Waals surface area contributed by atoms with Crippen molar-refractivity contribution >= 4 is 17.6 Å². The number of nitrogens with zero attached hydrogens (tertiary/aromatic N) is 1. The van der Waals surface area contributed by atoms with E-state index in [1.54, 1.807) is 0 Å². The zero-order chi connectivity index (χ0) is 11.7. The first-order valence-electron chi connectivity index (χ1n) is 5.07. The average Bonchev–Trinajstić information content (AvgIpc) is 2.96. The summed E-state index contributed by atoms with van der Waals surface area (Å²) in [4.78, 5) is 26.3. The van der Waals surface area contributed by atoms with Gasteiger partial charge in [-0.3, -0.25) is 9.78 Å². The van der Waals surface area contributed by atoms with Gasteiger partial charge in [0.05, 0.1) is 17.4 Å². The summed E-state index contributed by atoms with van der Waals surface area (Å²) in [5.41, 5.74) is 0.329. The minimum atomic E-state index is -1.07. The number of anilines is 1. The topological polar surface area (TPSA) is 79.3 Å². The number of pyridine rings is 1. The number of nitrogens with one attached hydrogen (secondary N) is 1. The first-order valence-corrected chi connectivity index (χ1v) is 5.07. The average molecular weight is 220 g/mol. The molecule has 2 N–H and O–H groups in total. The number of carbonyl (C=O) groups excluding carboxylic acids is 1. The van der Waals surface area contributed by atoms with Crippen LogP contribution >= 0.6 is 0 Å². The molecule has 0 radical (unpaired) electrons. The third-order valence-corrected chi connectivity index (χ3v) is 2.76. The second kappa shape index (κ2) is 3.92. The van der Waals surface area contributed by atoms with Crippen molar-refractivity contribution < 1.29 is 14.7 Å². The lowest BCUT2D eigenvalue weighted by Gasteiger charge is -2.06. The summed E-state index contributed by atoms with van der Waals surface area (Å²) in [5, 5.41) is 11.5. The summed E-state index contributed by atoms with van der Waals surface area (Å²) in [5.74, 6) is -0.781. The van der Waals surface area contributed by atoms with Gasteiger partial charge >= 0.3 is 5.97 Å². The van der Waals surface area contributed by atoms with Crippen molar-refractivity contribution in [3.8, 4) is 0 Å². The van der Waals surface area contributed by atoms with E-state index < -0.39 is 5.97 Å². The van der Waals surface area contributed by atoms with Gasteiger partial charge in [0.2, 0.25) is 5.91 Å². The van der Waals surface area contributed by atoms with Crippen molar-refractivity contribution in [3.05, 3.63) is 24.0 Å². The van der Waals surface area contributed by atoms with Gasteiger partial charge in [0.25, 0.3) is 0 Å². The zero-order valence-electron chi connectivity index (χ0n) is 8.80. The Bertz CT molecular complexity index is 445. The number of carbonyl (C=O) groups is 2. The maximum Gasteiger partial charge on any atom is 0.337 e. The van der Waals surface area contributed by atoms with Gasteiger partial charge in [-0.05, 0) is 18.4 Å². The van der Waals surface area contributed by atoms with Crippen LogP contribution in [0.5, 0.6) is 0 Å². The summed E-state index contributed by atoms with van der Waals surface area (Å²) in [6, 6.07) is 1.37. The normalized spacial score (nSPS) is 22.6. The molecule has 1 heterocycles. The van der Waals surface area contributed by atoms with E-state index in [-0.39, 0.29) is 23.1 Å². The lowest BCUT2D eigenvalue weighted by Crippen LogP contribution is -2.17. The summed E-state index contributed by atoms with van der Waals surface area (Å²) >= 11 is 0. The van der Waals surface area contributed by atoms with Gasteiger partial charge in [-0.1, -0.05) is 6.92 Å². The SMILES string of the molecule is CC1CC1C(=O)Nc1cnccc1C(=O)O. The number of aromatic carboxylic acids is 1. The largest absolute Gasteiger partial charge is 0.478 e. The monoisotopic (exact) mass is 220 g/mol. The number of aromatic nitrogens is 1. The fourth-order valence-corrected chi connectivity index (χ4v) is 1.59. The van der Waals surface area contributed by atoms with E-state index >= 15 is 0 Å². The van der Waals surface area contributed by atoms with Crippen LogP contribution < -0.4 is 5.32 Å². The molecule has 5 nitrogen and oxygen atoms in total. The highest BCUT2D eigenvalue weighted by molar-refractivity contribution is 6.01. The molecule has 0 aliphatic heterocycles. The van der Waals surface area contributed by atoms with Gasteiger partial charge in [0.1, 0.15) is 0 Å². The van der Waals surface area contributed by atoms with E-state index in [9.17, 15) is 9.59 Å². The molecular weight excluding hydrogens is 208 g/mol. The first-order chi connectivity index (χ1) is 7.59. The van der Waals surface area contributed by atoms with Gasteiger partial charge in [-0.15, -0.1) is 0 Å². The molecule has 2 unspecified atom stereocenters. The third kappa shape index (κ3) is 2.03. The van der Waals surface area contributed by atoms with Gasteiger partial charge in [0, 0.05) is 12.1 Å². The van der Waals surface area contributed by atoms with Crippen LogP contribution in [0.4, 0.5) is 5.69 Å². The second-order valence-electron chi connectivity index (χ2n) is 4.04. The molecule has 1 fully saturated rings. The van der Waals surface area contributed by atoms with Crippen molar-refractivity contribution in [2.45, 2.75) is 13.3 Å². The van der Waals surface area contributed by atoms with Crippen molar-refractivity contribution in [2.75, 3.05) is 5.32 Å². The van der Waals surface area contributed by atoms with Crippen LogP contribution in [0.15, 0.2) is 18.5 Å². The fraction of sp³-hybridized carbons (Fsp3) is 0.364. The van der Waals surface area contributed by atoms with E-state index in [1.165, 1.54) is 18.5 Å². The molecule has 1 aliphatic rings. The van der Waals surface area contributed by atoms with E-state index in [2.05, 4.69) is 10.3 Å². The Morgan fingerprint density at radius 1 is 1.56 bits per heavy atom. The second-order valence-corrected chi connectivity index (χ2v) is 4.04. The lowest BCUT2D eigenvalue weighted by atomic mass is 10.2. The highest BCUT2D eigenvalue weighted by atomic mass is 16.4. The van der Waals surface area contributed by atoms with E-state index in [0.717, 1.165) is 6.42 Å².